The number of benzene rings is 1. The third-order valence-electron chi connectivity index (χ3n) is 6.17. The van der Waals surface area contributed by atoms with Crippen molar-refractivity contribution < 1.29 is 27.1 Å². The van der Waals surface area contributed by atoms with Crippen LogP contribution in [0.1, 0.15) is 58.4 Å². The Hall–Kier alpha value is -0.830. The number of hydrogen-bond donors (Lipinski definition) is 0. The third kappa shape index (κ3) is 4.83. The highest BCUT2D eigenvalue weighted by Gasteiger charge is 2.53. The Morgan fingerprint density at radius 3 is 2.61 bits per heavy atom. The van der Waals surface area contributed by atoms with E-state index < -0.39 is 17.3 Å². The minimum atomic E-state index is -1.67. The van der Waals surface area contributed by atoms with Gasteiger partial charge in [0.2, 0.25) is 0 Å². The molecule has 0 spiro atoms. The van der Waals surface area contributed by atoms with E-state index in [-0.39, 0.29) is 17.8 Å². The number of hydrogen-bond acceptors (Lipinski definition) is 6. The molecule has 0 radical (unpaired) electrons. The van der Waals surface area contributed by atoms with Gasteiger partial charge in [0.05, 0.1) is 25.4 Å². The smallest absolute Gasteiger partial charge is 0.297 e. The van der Waals surface area contributed by atoms with E-state index in [1.54, 1.807) is 7.11 Å². The highest BCUT2D eigenvalue weighted by atomic mass is 32.3. The quantitative estimate of drug-likeness (QED) is 0.569. The van der Waals surface area contributed by atoms with E-state index in [2.05, 4.69) is 6.92 Å². The van der Waals surface area contributed by atoms with Crippen molar-refractivity contribution in [3.8, 4) is 5.75 Å². The first-order valence-corrected chi connectivity index (χ1v) is 11.1. The van der Waals surface area contributed by atoms with E-state index in [0.29, 0.717) is 13.0 Å². The fourth-order valence-electron chi connectivity index (χ4n) is 4.11. The average Bonchev–Trinajstić information content (AvgIpc) is 3.25. The molecule has 2 aliphatic rings. The van der Waals surface area contributed by atoms with Crippen LogP contribution in [-0.4, -0.2) is 41.7 Å². The lowest BCUT2D eigenvalue weighted by molar-refractivity contribution is -0.124. The summed E-state index contributed by atoms with van der Waals surface area (Å²) in [6, 6.07) is 7.91. The van der Waals surface area contributed by atoms with Crippen molar-refractivity contribution in [2.75, 3.05) is 13.7 Å². The van der Waals surface area contributed by atoms with Crippen LogP contribution in [0.5, 0.6) is 5.75 Å². The lowest BCUT2D eigenvalue weighted by Crippen LogP contribution is -2.44. The summed E-state index contributed by atoms with van der Waals surface area (Å²) in [5, 5.41) is 0. The minimum absolute atomic E-state index is 0.0784. The van der Waals surface area contributed by atoms with Gasteiger partial charge in [-0.3, -0.25) is 0 Å². The lowest BCUT2D eigenvalue weighted by Gasteiger charge is -2.35. The Labute approximate surface area is 171 Å². The fraction of sp³-hybridized carbons (Fsp3) is 0.714. The Bertz CT molecular complexity index is 618. The average molecular weight is 413 g/mol. The second-order valence-electron chi connectivity index (χ2n) is 7.90. The van der Waals surface area contributed by atoms with Gasteiger partial charge in [0.25, 0.3) is 11.7 Å². The summed E-state index contributed by atoms with van der Waals surface area (Å²) in [6.07, 6.45) is 3.93. The highest BCUT2D eigenvalue weighted by Crippen LogP contribution is 2.41. The Kier molecular flexibility index (Phi) is 7.28. The molecule has 1 aromatic carbocycles. The standard InChI is InChI=1S/C21H32O6S/c1-5-21(16(2)26-28(22)27-21)13-11-19(20(3)12-6-14-25-20)24-15-17-7-9-18(23-4)10-8-17/h7-10,16,19H,5-6,11-15H2,1-4H3/t16-,19-,20+,21-,28?/m0/s1. The van der Waals surface area contributed by atoms with Gasteiger partial charge in [-0.05, 0) is 63.6 Å². The van der Waals surface area contributed by atoms with Crippen LogP contribution < -0.4 is 4.74 Å². The van der Waals surface area contributed by atoms with Gasteiger partial charge in [-0.2, -0.15) is 0 Å². The predicted octanol–water partition coefficient (Wildman–Crippen LogP) is 4.09. The van der Waals surface area contributed by atoms with Gasteiger partial charge in [0, 0.05) is 6.61 Å². The second kappa shape index (κ2) is 9.32. The molecule has 0 saturated carbocycles. The van der Waals surface area contributed by atoms with Crippen LogP contribution in [0.15, 0.2) is 24.3 Å². The van der Waals surface area contributed by atoms with Crippen molar-refractivity contribution in [1.82, 2.24) is 0 Å². The zero-order chi connectivity index (χ0) is 20.2. The molecule has 158 valence electrons. The summed E-state index contributed by atoms with van der Waals surface area (Å²) >= 11 is -1.67. The summed E-state index contributed by atoms with van der Waals surface area (Å²) in [7, 11) is 1.66. The molecule has 28 heavy (non-hydrogen) atoms. The van der Waals surface area contributed by atoms with Crippen molar-refractivity contribution in [2.45, 2.75) is 82.9 Å². The highest BCUT2D eigenvalue weighted by molar-refractivity contribution is 7.82. The first-order valence-electron chi connectivity index (χ1n) is 10.1. The molecule has 2 heterocycles. The largest absolute Gasteiger partial charge is 0.553 e. The molecule has 2 saturated heterocycles. The Balaban J connectivity index is 1.66. The zero-order valence-corrected chi connectivity index (χ0v) is 18.1. The van der Waals surface area contributed by atoms with E-state index in [4.69, 9.17) is 22.6 Å². The molecule has 1 aromatic rings. The van der Waals surface area contributed by atoms with Crippen LogP contribution in [0.4, 0.5) is 0 Å². The first kappa shape index (κ1) is 21.9. The maximum absolute atomic E-state index is 11.8. The van der Waals surface area contributed by atoms with Crippen molar-refractivity contribution >= 4 is 11.7 Å². The van der Waals surface area contributed by atoms with Gasteiger partial charge in [-0.15, -0.1) is 8.37 Å². The maximum Gasteiger partial charge on any atom is 0.297 e. The maximum atomic E-state index is 11.8. The number of ether oxygens (including phenoxy) is 3. The molecular formula is C21H32O6S. The van der Waals surface area contributed by atoms with Gasteiger partial charge in [0.1, 0.15) is 11.9 Å². The van der Waals surface area contributed by atoms with Crippen LogP contribution in [0, 0.1) is 0 Å². The van der Waals surface area contributed by atoms with E-state index in [1.165, 1.54) is 0 Å². The molecule has 0 amide bonds. The zero-order valence-electron chi connectivity index (χ0n) is 17.3. The van der Waals surface area contributed by atoms with E-state index in [9.17, 15) is 4.55 Å². The molecule has 2 aliphatic heterocycles. The lowest BCUT2D eigenvalue weighted by atomic mass is 9.84. The van der Waals surface area contributed by atoms with E-state index >= 15 is 0 Å². The van der Waals surface area contributed by atoms with Gasteiger partial charge >= 0.3 is 0 Å². The molecule has 1 unspecified atom stereocenters. The van der Waals surface area contributed by atoms with Crippen molar-refractivity contribution in [3.63, 3.8) is 0 Å². The third-order valence-corrected chi connectivity index (χ3v) is 7.08. The van der Waals surface area contributed by atoms with E-state index in [0.717, 1.165) is 43.6 Å². The first-order chi connectivity index (χ1) is 13.4. The Morgan fingerprint density at radius 2 is 2.07 bits per heavy atom. The number of rotatable bonds is 9. The van der Waals surface area contributed by atoms with Gasteiger partial charge < -0.3 is 18.8 Å². The molecule has 6 nitrogen and oxygen atoms in total. The van der Waals surface area contributed by atoms with Gasteiger partial charge in [-0.25, -0.2) is 0 Å². The summed E-state index contributed by atoms with van der Waals surface area (Å²) < 4.78 is 40.5. The predicted molar refractivity (Wildman–Crippen MR) is 107 cm³/mol. The van der Waals surface area contributed by atoms with Crippen LogP contribution in [0.2, 0.25) is 0 Å². The van der Waals surface area contributed by atoms with Crippen molar-refractivity contribution in [1.29, 1.82) is 0 Å². The summed E-state index contributed by atoms with van der Waals surface area (Å²) in [4.78, 5) is 0. The van der Waals surface area contributed by atoms with Crippen molar-refractivity contribution in [3.05, 3.63) is 29.8 Å². The molecule has 5 atom stereocenters. The molecule has 7 heteroatoms. The minimum Gasteiger partial charge on any atom is -0.553 e. The molecule has 0 N–H and O–H groups in total. The molecular weight excluding hydrogens is 380 g/mol. The number of methoxy groups -OCH3 is 1. The monoisotopic (exact) mass is 412 g/mol. The fourth-order valence-corrected chi connectivity index (χ4v) is 5.17. The summed E-state index contributed by atoms with van der Waals surface area (Å²) in [5.74, 6) is 0.830. The van der Waals surface area contributed by atoms with Crippen LogP contribution >= 0.6 is 0 Å². The molecule has 0 aromatic heterocycles. The topological polar surface area (TPSA) is 69.2 Å². The molecule has 0 aliphatic carbocycles. The van der Waals surface area contributed by atoms with Gasteiger partial charge in [-0.1, -0.05) is 19.1 Å². The normalized spacial score (nSPS) is 33.9. The van der Waals surface area contributed by atoms with Crippen molar-refractivity contribution in [2.24, 2.45) is 0 Å². The summed E-state index contributed by atoms with van der Waals surface area (Å²) in [5.41, 5.74) is 0.234. The summed E-state index contributed by atoms with van der Waals surface area (Å²) in [6.45, 7) is 7.37. The van der Waals surface area contributed by atoms with Crippen LogP contribution in [-0.2, 0) is 36.2 Å². The van der Waals surface area contributed by atoms with Crippen LogP contribution in [0.25, 0.3) is 0 Å². The molecule has 0 bridgehead atoms. The second-order valence-corrected chi connectivity index (χ2v) is 8.66. The molecule has 3 rings (SSSR count). The Morgan fingerprint density at radius 1 is 1.32 bits per heavy atom. The van der Waals surface area contributed by atoms with E-state index in [1.807, 2.05) is 38.1 Å². The van der Waals surface area contributed by atoms with Gasteiger partial charge in [0.15, 0.2) is 5.60 Å². The SMILES string of the molecule is CC[C@@]1(CC[C@H](OCc2ccc(OC)cc2)[C@@]2(C)CCCO2)O[S+]([O-])O[C@H]1C. The van der Waals surface area contributed by atoms with Crippen LogP contribution in [0.3, 0.4) is 0 Å². The molecule has 2 fully saturated rings.